The van der Waals surface area contributed by atoms with Gasteiger partial charge in [0.1, 0.15) is 37.1 Å². The fraction of sp³-hybridized carbons (Fsp3) is 0.438. The number of benzene rings is 1. The van der Waals surface area contributed by atoms with Crippen molar-refractivity contribution in [1.29, 1.82) is 0 Å². The minimum atomic E-state index is -0.504. The maximum atomic E-state index is 13.3. The van der Waals surface area contributed by atoms with E-state index in [4.69, 9.17) is 9.47 Å². The van der Waals surface area contributed by atoms with Crippen molar-refractivity contribution in [1.82, 2.24) is 25.1 Å². The van der Waals surface area contributed by atoms with Crippen LogP contribution in [0, 0.1) is 5.82 Å². The lowest BCUT2D eigenvalue weighted by Crippen LogP contribution is -2.48. The summed E-state index contributed by atoms with van der Waals surface area (Å²) in [7, 11) is 0. The lowest BCUT2D eigenvalue weighted by atomic mass is 10.1. The molecule has 9 nitrogen and oxygen atoms in total. The van der Waals surface area contributed by atoms with Gasteiger partial charge in [-0.05, 0) is 35.5 Å². The zero-order chi connectivity index (χ0) is 18.5. The smallest absolute Gasteiger partial charge is 0.244 e. The molecule has 0 radical (unpaired) electrons. The van der Waals surface area contributed by atoms with Gasteiger partial charge in [-0.3, -0.25) is 9.59 Å². The first-order valence-corrected chi connectivity index (χ1v) is 8.06. The molecule has 1 aromatic carbocycles. The van der Waals surface area contributed by atoms with Gasteiger partial charge < -0.3 is 14.4 Å². The number of hydrogen-bond donors (Lipinski definition) is 0. The van der Waals surface area contributed by atoms with Crippen LogP contribution in [0.2, 0.25) is 0 Å². The molecule has 3 rings (SSSR count). The molecule has 1 fully saturated rings. The van der Waals surface area contributed by atoms with Crippen LogP contribution in [-0.4, -0.2) is 69.2 Å². The standard InChI is InChI=1S/C16H18FN5O4/c1-11(23)14-6-12(17)2-3-15(14)26-9-13-7-21(4-5-25-13)16(24)8-22-10-18-19-20-22/h2-3,6,10,13H,4-5,7-9H2,1H3. The molecule has 26 heavy (non-hydrogen) atoms. The number of morpholine rings is 1. The number of amides is 1. The Morgan fingerprint density at radius 3 is 3.00 bits per heavy atom. The summed E-state index contributed by atoms with van der Waals surface area (Å²) >= 11 is 0. The second-order valence-corrected chi connectivity index (χ2v) is 5.85. The Hall–Kier alpha value is -2.88. The highest BCUT2D eigenvalue weighted by atomic mass is 19.1. The summed E-state index contributed by atoms with van der Waals surface area (Å²) in [5, 5.41) is 10.6. The fourth-order valence-electron chi connectivity index (χ4n) is 2.62. The maximum absolute atomic E-state index is 13.3. The third-order valence-corrected chi connectivity index (χ3v) is 3.93. The first-order chi connectivity index (χ1) is 12.5. The number of ketones is 1. The molecule has 1 aliphatic heterocycles. The van der Waals surface area contributed by atoms with E-state index >= 15 is 0 Å². The summed E-state index contributed by atoms with van der Waals surface area (Å²) in [4.78, 5) is 25.6. The third-order valence-electron chi connectivity index (χ3n) is 3.93. The Morgan fingerprint density at radius 1 is 1.42 bits per heavy atom. The molecule has 0 spiro atoms. The van der Waals surface area contributed by atoms with Crippen LogP contribution < -0.4 is 4.74 Å². The lowest BCUT2D eigenvalue weighted by molar-refractivity contribution is -0.140. The van der Waals surface area contributed by atoms with Crippen molar-refractivity contribution >= 4 is 11.7 Å². The number of carbonyl (C=O) groups excluding carboxylic acids is 2. The van der Waals surface area contributed by atoms with Crippen LogP contribution in [0.3, 0.4) is 0 Å². The number of aromatic nitrogens is 4. The van der Waals surface area contributed by atoms with E-state index < -0.39 is 5.82 Å². The number of hydrogen-bond acceptors (Lipinski definition) is 7. The Bertz CT molecular complexity index is 783. The van der Waals surface area contributed by atoms with Gasteiger partial charge >= 0.3 is 0 Å². The molecule has 2 heterocycles. The summed E-state index contributed by atoms with van der Waals surface area (Å²) in [6, 6.07) is 3.78. The second kappa shape index (κ2) is 8.00. The number of carbonyl (C=O) groups is 2. The average Bonchev–Trinajstić information content (AvgIpc) is 3.13. The molecule has 10 heteroatoms. The molecule has 0 N–H and O–H groups in total. The first kappa shape index (κ1) is 17.9. The Balaban J connectivity index is 1.57. The van der Waals surface area contributed by atoms with Crippen molar-refractivity contribution in [2.75, 3.05) is 26.3 Å². The van der Waals surface area contributed by atoms with Crippen molar-refractivity contribution < 1.29 is 23.5 Å². The van der Waals surface area contributed by atoms with Crippen molar-refractivity contribution in [3.8, 4) is 5.75 Å². The van der Waals surface area contributed by atoms with E-state index in [1.165, 1.54) is 30.1 Å². The minimum absolute atomic E-state index is 0.0486. The van der Waals surface area contributed by atoms with E-state index in [1.54, 1.807) is 4.90 Å². The second-order valence-electron chi connectivity index (χ2n) is 5.85. The normalized spacial score (nSPS) is 17.2. The Kier molecular flexibility index (Phi) is 5.52. The molecule has 1 unspecified atom stereocenters. The molecule has 0 saturated carbocycles. The van der Waals surface area contributed by atoms with Gasteiger partial charge in [0.15, 0.2) is 5.78 Å². The number of rotatable bonds is 6. The molecular formula is C16H18FN5O4. The zero-order valence-corrected chi connectivity index (χ0v) is 14.2. The number of Topliss-reactive ketones (excluding diaryl/α,β-unsaturated/α-hetero) is 1. The first-order valence-electron chi connectivity index (χ1n) is 8.06. The van der Waals surface area contributed by atoms with Crippen molar-refractivity contribution in [3.63, 3.8) is 0 Å². The van der Waals surface area contributed by atoms with Gasteiger partial charge in [-0.25, -0.2) is 9.07 Å². The summed E-state index contributed by atoms with van der Waals surface area (Å²) in [5.74, 6) is -0.630. The SMILES string of the molecule is CC(=O)c1cc(F)ccc1OCC1CN(C(=O)Cn2cnnn2)CCO1. The number of tetrazole rings is 1. The van der Waals surface area contributed by atoms with Crippen molar-refractivity contribution in [2.24, 2.45) is 0 Å². The molecule has 138 valence electrons. The van der Waals surface area contributed by atoms with Crippen molar-refractivity contribution in [3.05, 3.63) is 35.9 Å². The molecule has 1 aliphatic rings. The summed E-state index contributed by atoms with van der Waals surface area (Å²) in [6.45, 7) is 2.72. The molecule has 1 saturated heterocycles. The fourth-order valence-corrected chi connectivity index (χ4v) is 2.62. The van der Waals surface area contributed by atoms with Gasteiger partial charge in [-0.15, -0.1) is 5.10 Å². The molecule has 2 aromatic rings. The highest BCUT2D eigenvalue weighted by Crippen LogP contribution is 2.21. The predicted octanol–water partition coefficient (Wildman–Crippen LogP) is 0.321. The molecule has 1 atom stereocenters. The largest absolute Gasteiger partial charge is 0.490 e. The number of ether oxygens (including phenoxy) is 2. The predicted molar refractivity (Wildman–Crippen MR) is 86.0 cm³/mol. The molecule has 1 aromatic heterocycles. The quantitative estimate of drug-likeness (QED) is 0.682. The van der Waals surface area contributed by atoms with Gasteiger partial charge in [0.05, 0.1) is 18.7 Å². The van der Waals surface area contributed by atoms with E-state index in [1.807, 2.05) is 0 Å². The van der Waals surface area contributed by atoms with Crippen LogP contribution in [0.5, 0.6) is 5.75 Å². The highest BCUT2D eigenvalue weighted by Gasteiger charge is 2.25. The maximum Gasteiger partial charge on any atom is 0.244 e. The highest BCUT2D eigenvalue weighted by molar-refractivity contribution is 5.96. The van der Waals surface area contributed by atoms with Crippen LogP contribution >= 0.6 is 0 Å². The monoisotopic (exact) mass is 363 g/mol. The summed E-state index contributed by atoms with van der Waals surface area (Å²) < 4.78 is 25.9. The Morgan fingerprint density at radius 2 is 2.27 bits per heavy atom. The van der Waals surface area contributed by atoms with Crippen LogP contribution in [0.4, 0.5) is 4.39 Å². The summed E-state index contributed by atoms with van der Waals surface area (Å²) in [5.41, 5.74) is 0.174. The van der Waals surface area contributed by atoms with E-state index in [2.05, 4.69) is 15.5 Å². The van der Waals surface area contributed by atoms with Crippen LogP contribution in [0.15, 0.2) is 24.5 Å². The Labute approximate surface area is 148 Å². The van der Waals surface area contributed by atoms with E-state index in [0.29, 0.717) is 25.4 Å². The van der Waals surface area contributed by atoms with E-state index in [9.17, 15) is 14.0 Å². The number of nitrogens with zero attached hydrogens (tertiary/aromatic N) is 5. The molecule has 0 aliphatic carbocycles. The van der Waals surface area contributed by atoms with E-state index in [0.717, 1.165) is 6.07 Å². The van der Waals surface area contributed by atoms with Gasteiger partial charge in [-0.2, -0.15) is 0 Å². The van der Waals surface area contributed by atoms with Crippen LogP contribution in [0.25, 0.3) is 0 Å². The van der Waals surface area contributed by atoms with Gasteiger partial charge in [0.25, 0.3) is 0 Å². The molecule has 0 bridgehead atoms. The van der Waals surface area contributed by atoms with Gasteiger partial charge in [-0.1, -0.05) is 0 Å². The summed E-state index contributed by atoms with van der Waals surface area (Å²) in [6.07, 6.45) is 1.02. The third kappa shape index (κ3) is 4.39. The van der Waals surface area contributed by atoms with Crippen LogP contribution in [-0.2, 0) is 16.1 Å². The topological polar surface area (TPSA) is 99.4 Å². The minimum Gasteiger partial charge on any atom is -0.490 e. The van der Waals surface area contributed by atoms with Gasteiger partial charge in [0.2, 0.25) is 5.91 Å². The van der Waals surface area contributed by atoms with Crippen molar-refractivity contribution in [2.45, 2.75) is 19.6 Å². The lowest BCUT2D eigenvalue weighted by Gasteiger charge is -2.32. The van der Waals surface area contributed by atoms with Crippen LogP contribution in [0.1, 0.15) is 17.3 Å². The van der Waals surface area contributed by atoms with Gasteiger partial charge in [0, 0.05) is 6.54 Å². The zero-order valence-electron chi connectivity index (χ0n) is 14.2. The molecular weight excluding hydrogens is 345 g/mol. The van der Waals surface area contributed by atoms with E-state index in [-0.39, 0.29) is 36.5 Å². The average molecular weight is 363 g/mol. The molecule has 1 amide bonds. The number of halogens is 1.